The van der Waals surface area contributed by atoms with Crippen molar-refractivity contribution in [1.82, 2.24) is 0 Å². The predicted octanol–water partition coefficient (Wildman–Crippen LogP) is 1.28. The normalized spacial score (nSPS) is 9.00. The summed E-state index contributed by atoms with van der Waals surface area (Å²) in [6.45, 7) is 0.526. The molecule has 1 aromatic carbocycles. The van der Waals surface area contributed by atoms with E-state index in [0.29, 0.717) is 13.0 Å². The summed E-state index contributed by atoms with van der Waals surface area (Å²) in [5, 5.41) is 0. The molecule has 0 saturated heterocycles. The van der Waals surface area contributed by atoms with E-state index < -0.39 is 0 Å². The molecule has 1 rings (SSSR count). The van der Waals surface area contributed by atoms with Crippen LogP contribution in [0, 0.1) is 0 Å². The van der Waals surface area contributed by atoms with Crippen LogP contribution in [0.25, 0.3) is 0 Å². The summed E-state index contributed by atoms with van der Waals surface area (Å²) in [7, 11) is 1.39. The third-order valence-electron chi connectivity index (χ3n) is 1.83. The average Bonchev–Trinajstić information content (AvgIpc) is 2.19. The summed E-state index contributed by atoms with van der Waals surface area (Å²) in [6, 6.07) is 7.61. The summed E-state index contributed by atoms with van der Waals surface area (Å²) in [6.07, 6.45) is 0.321. The van der Waals surface area contributed by atoms with Gasteiger partial charge in [0.15, 0.2) is 0 Å². The molecule has 0 aliphatic carbocycles. The van der Waals surface area contributed by atoms with Gasteiger partial charge in [-0.25, -0.2) is 0 Å². The molecule has 14 heavy (non-hydrogen) atoms. The molecule has 0 saturated carbocycles. The van der Waals surface area contributed by atoms with E-state index in [1.165, 1.54) is 7.11 Å². The van der Waals surface area contributed by atoms with Gasteiger partial charge in [0.25, 0.3) is 0 Å². The van der Waals surface area contributed by atoms with Crippen LogP contribution in [-0.4, -0.2) is 13.1 Å². The molecular formula is C10H14ClNO2. The zero-order chi connectivity index (χ0) is 9.68. The standard InChI is InChI=1S/C10H13NO2.ClH/c1-13-10(12)6-8-2-4-9(7-11)5-3-8;/h2-5H,6-7,11H2,1H3;1H. The lowest BCUT2D eigenvalue weighted by Crippen LogP contribution is -2.04. The number of esters is 1. The van der Waals surface area contributed by atoms with Crippen LogP contribution in [0.4, 0.5) is 0 Å². The highest BCUT2D eigenvalue weighted by Crippen LogP contribution is 2.04. The molecule has 0 fully saturated rings. The number of halogens is 1. The van der Waals surface area contributed by atoms with Crippen molar-refractivity contribution in [1.29, 1.82) is 0 Å². The van der Waals surface area contributed by atoms with E-state index in [4.69, 9.17) is 5.73 Å². The van der Waals surface area contributed by atoms with Crippen LogP contribution in [0.3, 0.4) is 0 Å². The van der Waals surface area contributed by atoms with E-state index in [2.05, 4.69) is 4.74 Å². The quantitative estimate of drug-likeness (QED) is 0.773. The molecule has 0 radical (unpaired) electrons. The first-order valence-corrected chi connectivity index (χ1v) is 4.11. The van der Waals surface area contributed by atoms with Crippen LogP contribution >= 0.6 is 12.4 Å². The summed E-state index contributed by atoms with van der Waals surface area (Å²) in [5.41, 5.74) is 7.45. The van der Waals surface area contributed by atoms with Crippen molar-refractivity contribution in [3.8, 4) is 0 Å². The second kappa shape index (κ2) is 6.40. The van der Waals surface area contributed by atoms with Crippen molar-refractivity contribution in [3.63, 3.8) is 0 Å². The Bertz CT molecular complexity index is 285. The van der Waals surface area contributed by atoms with Gasteiger partial charge in [0, 0.05) is 6.54 Å². The Morgan fingerprint density at radius 3 is 2.21 bits per heavy atom. The van der Waals surface area contributed by atoms with Gasteiger partial charge in [-0.2, -0.15) is 0 Å². The zero-order valence-electron chi connectivity index (χ0n) is 8.03. The number of carbonyl (C=O) groups is 1. The van der Waals surface area contributed by atoms with E-state index in [1.807, 2.05) is 24.3 Å². The number of hydrogen-bond donors (Lipinski definition) is 1. The molecule has 0 amide bonds. The number of ether oxygens (including phenoxy) is 1. The summed E-state index contributed by atoms with van der Waals surface area (Å²) in [4.78, 5) is 10.9. The number of carbonyl (C=O) groups excluding carboxylic acids is 1. The van der Waals surface area contributed by atoms with Crippen LogP contribution < -0.4 is 5.73 Å². The van der Waals surface area contributed by atoms with E-state index in [1.54, 1.807) is 0 Å². The Morgan fingerprint density at radius 1 is 1.29 bits per heavy atom. The number of hydrogen-bond acceptors (Lipinski definition) is 3. The fourth-order valence-corrected chi connectivity index (χ4v) is 1.03. The Balaban J connectivity index is 0.00000169. The summed E-state index contributed by atoms with van der Waals surface area (Å²) >= 11 is 0. The van der Waals surface area contributed by atoms with E-state index in [0.717, 1.165) is 11.1 Å². The molecule has 2 N–H and O–H groups in total. The molecule has 3 nitrogen and oxygen atoms in total. The Labute approximate surface area is 89.7 Å². The largest absolute Gasteiger partial charge is 0.469 e. The van der Waals surface area contributed by atoms with Crippen LogP contribution in [0.15, 0.2) is 24.3 Å². The highest BCUT2D eigenvalue weighted by Gasteiger charge is 2.01. The molecule has 0 aliphatic rings. The molecule has 0 aliphatic heterocycles. The first kappa shape index (κ1) is 12.9. The van der Waals surface area contributed by atoms with E-state index >= 15 is 0 Å². The second-order valence-electron chi connectivity index (χ2n) is 2.77. The molecule has 0 heterocycles. The first-order chi connectivity index (χ1) is 6.26. The van der Waals surface area contributed by atoms with Gasteiger partial charge >= 0.3 is 5.97 Å². The lowest BCUT2D eigenvalue weighted by Gasteiger charge is -2.00. The van der Waals surface area contributed by atoms with Gasteiger partial charge in [-0.15, -0.1) is 12.4 Å². The Hall–Kier alpha value is -1.06. The Morgan fingerprint density at radius 2 is 1.79 bits per heavy atom. The lowest BCUT2D eigenvalue weighted by molar-refractivity contribution is -0.139. The molecular weight excluding hydrogens is 202 g/mol. The van der Waals surface area contributed by atoms with Crippen LogP contribution in [-0.2, 0) is 22.5 Å². The average molecular weight is 216 g/mol. The van der Waals surface area contributed by atoms with Gasteiger partial charge in [-0.1, -0.05) is 24.3 Å². The van der Waals surface area contributed by atoms with Crippen LogP contribution in [0.2, 0.25) is 0 Å². The third-order valence-corrected chi connectivity index (χ3v) is 1.83. The molecule has 0 spiro atoms. The van der Waals surface area contributed by atoms with Crippen molar-refractivity contribution >= 4 is 18.4 Å². The molecule has 1 aromatic rings. The molecule has 78 valence electrons. The van der Waals surface area contributed by atoms with E-state index in [-0.39, 0.29) is 18.4 Å². The number of methoxy groups -OCH3 is 1. The van der Waals surface area contributed by atoms with Crippen molar-refractivity contribution in [2.75, 3.05) is 7.11 Å². The van der Waals surface area contributed by atoms with Gasteiger partial charge in [-0.3, -0.25) is 4.79 Å². The molecule has 0 unspecified atom stereocenters. The maximum Gasteiger partial charge on any atom is 0.309 e. The SMILES string of the molecule is COC(=O)Cc1ccc(CN)cc1.Cl. The summed E-state index contributed by atoms with van der Waals surface area (Å²) < 4.78 is 4.55. The maximum absolute atomic E-state index is 10.9. The molecule has 0 atom stereocenters. The fraction of sp³-hybridized carbons (Fsp3) is 0.300. The highest BCUT2D eigenvalue weighted by molar-refractivity contribution is 5.85. The van der Waals surface area contributed by atoms with Gasteiger partial charge < -0.3 is 10.5 Å². The van der Waals surface area contributed by atoms with E-state index in [9.17, 15) is 4.79 Å². The third kappa shape index (κ3) is 3.77. The maximum atomic E-state index is 10.9. The number of rotatable bonds is 3. The number of benzene rings is 1. The summed E-state index contributed by atoms with van der Waals surface area (Å²) in [5.74, 6) is -0.222. The minimum absolute atomic E-state index is 0. The van der Waals surface area contributed by atoms with Crippen molar-refractivity contribution in [2.24, 2.45) is 5.73 Å². The Kier molecular flexibility index (Phi) is 5.92. The van der Waals surface area contributed by atoms with Crippen molar-refractivity contribution in [2.45, 2.75) is 13.0 Å². The topological polar surface area (TPSA) is 52.3 Å². The fourth-order valence-electron chi connectivity index (χ4n) is 1.03. The minimum Gasteiger partial charge on any atom is -0.469 e. The first-order valence-electron chi connectivity index (χ1n) is 4.11. The number of nitrogens with two attached hydrogens (primary N) is 1. The van der Waals surface area contributed by atoms with Crippen molar-refractivity contribution < 1.29 is 9.53 Å². The molecule has 4 heteroatoms. The highest BCUT2D eigenvalue weighted by atomic mass is 35.5. The predicted molar refractivity (Wildman–Crippen MR) is 57.3 cm³/mol. The van der Waals surface area contributed by atoms with Crippen LogP contribution in [0.5, 0.6) is 0 Å². The van der Waals surface area contributed by atoms with Gasteiger partial charge in [0.2, 0.25) is 0 Å². The molecule has 0 bridgehead atoms. The minimum atomic E-state index is -0.222. The lowest BCUT2D eigenvalue weighted by atomic mass is 10.1. The van der Waals surface area contributed by atoms with Crippen LogP contribution in [0.1, 0.15) is 11.1 Å². The monoisotopic (exact) mass is 215 g/mol. The second-order valence-corrected chi connectivity index (χ2v) is 2.77. The smallest absolute Gasteiger partial charge is 0.309 e. The molecule has 0 aromatic heterocycles. The van der Waals surface area contributed by atoms with Crippen molar-refractivity contribution in [3.05, 3.63) is 35.4 Å². The van der Waals surface area contributed by atoms with Gasteiger partial charge in [0.05, 0.1) is 13.5 Å². The van der Waals surface area contributed by atoms with Gasteiger partial charge in [0.1, 0.15) is 0 Å². The van der Waals surface area contributed by atoms with Gasteiger partial charge in [-0.05, 0) is 11.1 Å². The zero-order valence-corrected chi connectivity index (χ0v) is 8.84.